The summed E-state index contributed by atoms with van der Waals surface area (Å²) < 4.78 is 13.8. The van der Waals surface area contributed by atoms with Gasteiger partial charge in [-0.2, -0.15) is 5.10 Å². The van der Waals surface area contributed by atoms with Crippen LogP contribution in [0.3, 0.4) is 0 Å². The van der Waals surface area contributed by atoms with Gasteiger partial charge in [0, 0.05) is 47.9 Å². The maximum absolute atomic E-state index is 6.28. The van der Waals surface area contributed by atoms with Crippen LogP contribution in [0.15, 0.2) is 78.3 Å². The number of aliphatic imine (C=N–C) groups is 1. The van der Waals surface area contributed by atoms with Crippen LogP contribution in [0.1, 0.15) is 11.1 Å². The summed E-state index contributed by atoms with van der Waals surface area (Å²) >= 11 is 0. The van der Waals surface area contributed by atoms with Crippen molar-refractivity contribution >= 4 is 6.02 Å². The van der Waals surface area contributed by atoms with Crippen molar-refractivity contribution in [1.29, 1.82) is 0 Å². The first-order valence-corrected chi connectivity index (χ1v) is 9.97. The van der Waals surface area contributed by atoms with Crippen LogP contribution in [0, 0.1) is 0 Å². The van der Waals surface area contributed by atoms with Gasteiger partial charge < -0.3 is 15.2 Å². The topological polar surface area (TPSA) is 87.6 Å². The molecule has 152 valence electrons. The molecule has 0 amide bonds. The quantitative estimate of drug-likeness (QED) is 0.543. The summed E-state index contributed by atoms with van der Waals surface area (Å²) in [5, 5.41) is 4.29. The maximum Gasteiger partial charge on any atom is 0.283 e. The first-order chi connectivity index (χ1) is 15.1. The summed E-state index contributed by atoms with van der Waals surface area (Å²) in [6.45, 7) is 0.315. The molecule has 31 heavy (non-hydrogen) atoms. The van der Waals surface area contributed by atoms with Crippen molar-refractivity contribution in [2.75, 3.05) is 6.61 Å². The normalized spacial score (nSPS) is 18.7. The summed E-state index contributed by atoms with van der Waals surface area (Å²) in [7, 11) is 1.90. The molecule has 2 aliphatic heterocycles. The molecule has 0 saturated carbocycles. The predicted molar refractivity (Wildman–Crippen MR) is 117 cm³/mol. The third-order valence-electron chi connectivity index (χ3n) is 5.83. The van der Waals surface area contributed by atoms with Crippen molar-refractivity contribution in [3.63, 3.8) is 0 Å². The van der Waals surface area contributed by atoms with Crippen molar-refractivity contribution < 1.29 is 9.47 Å². The van der Waals surface area contributed by atoms with E-state index in [1.807, 2.05) is 62.0 Å². The molecule has 7 heteroatoms. The summed E-state index contributed by atoms with van der Waals surface area (Å²) in [6, 6.07) is 16.3. The highest BCUT2D eigenvalue weighted by molar-refractivity contribution is 5.79. The lowest BCUT2D eigenvalue weighted by Gasteiger charge is -2.34. The van der Waals surface area contributed by atoms with Gasteiger partial charge in [0.2, 0.25) is 0 Å². The Morgan fingerprint density at radius 2 is 1.68 bits per heavy atom. The number of nitrogens with zero attached hydrogens (tertiary/aromatic N) is 4. The summed E-state index contributed by atoms with van der Waals surface area (Å²) in [5.41, 5.74) is 11.2. The van der Waals surface area contributed by atoms with Crippen LogP contribution in [0.25, 0.3) is 22.3 Å². The molecule has 0 aliphatic carbocycles. The fourth-order valence-corrected chi connectivity index (χ4v) is 4.32. The lowest BCUT2D eigenvalue weighted by atomic mass is 9.79. The first-order valence-electron chi connectivity index (χ1n) is 9.97. The van der Waals surface area contributed by atoms with E-state index in [1.165, 1.54) is 0 Å². The second-order valence-corrected chi connectivity index (χ2v) is 7.77. The number of nitrogens with two attached hydrogens (primary N) is 1. The van der Waals surface area contributed by atoms with E-state index in [1.54, 1.807) is 10.9 Å². The fourth-order valence-electron chi connectivity index (χ4n) is 4.32. The maximum atomic E-state index is 6.28. The van der Waals surface area contributed by atoms with Gasteiger partial charge in [-0.05, 0) is 41.5 Å². The van der Waals surface area contributed by atoms with Gasteiger partial charge in [0.15, 0.2) is 5.54 Å². The summed E-state index contributed by atoms with van der Waals surface area (Å²) in [4.78, 5) is 9.04. The molecule has 4 aromatic rings. The monoisotopic (exact) mass is 409 g/mol. The SMILES string of the molecule is Cn1cc(-c2ccc3c(c2)[C@]2(COC(N)=N2)c2cc(-c4cccnc4)ccc2O3)cn1. The van der Waals surface area contributed by atoms with Gasteiger partial charge in [0.25, 0.3) is 6.02 Å². The van der Waals surface area contributed by atoms with Gasteiger partial charge in [0.05, 0.1) is 6.20 Å². The van der Waals surface area contributed by atoms with E-state index in [0.717, 1.165) is 44.9 Å². The van der Waals surface area contributed by atoms with Gasteiger partial charge in [-0.3, -0.25) is 9.67 Å². The molecule has 1 spiro atoms. The van der Waals surface area contributed by atoms with Crippen molar-refractivity contribution in [2.45, 2.75) is 5.54 Å². The van der Waals surface area contributed by atoms with Gasteiger partial charge in [0.1, 0.15) is 18.1 Å². The van der Waals surface area contributed by atoms with Crippen molar-refractivity contribution in [2.24, 2.45) is 17.8 Å². The number of benzene rings is 2. The Labute approximate surface area is 178 Å². The minimum absolute atomic E-state index is 0.178. The molecule has 0 saturated heterocycles. The van der Waals surface area contributed by atoms with E-state index in [4.69, 9.17) is 20.2 Å². The number of aryl methyl sites for hydroxylation is 1. The Balaban J connectivity index is 1.56. The molecule has 1 atom stereocenters. The molecule has 0 unspecified atom stereocenters. The van der Waals surface area contributed by atoms with Crippen molar-refractivity contribution in [1.82, 2.24) is 14.8 Å². The molecule has 4 heterocycles. The second-order valence-electron chi connectivity index (χ2n) is 7.77. The zero-order valence-electron chi connectivity index (χ0n) is 16.8. The number of hydrogen-bond acceptors (Lipinski definition) is 6. The van der Waals surface area contributed by atoms with Crippen LogP contribution in [-0.4, -0.2) is 27.4 Å². The Morgan fingerprint density at radius 3 is 2.26 bits per heavy atom. The van der Waals surface area contributed by atoms with E-state index in [-0.39, 0.29) is 6.02 Å². The van der Waals surface area contributed by atoms with Crippen LogP contribution >= 0.6 is 0 Å². The van der Waals surface area contributed by atoms with E-state index >= 15 is 0 Å². The Kier molecular flexibility index (Phi) is 3.67. The third kappa shape index (κ3) is 2.70. The summed E-state index contributed by atoms with van der Waals surface area (Å²) in [5.74, 6) is 1.49. The van der Waals surface area contributed by atoms with Gasteiger partial charge in [-0.25, -0.2) is 4.99 Å². The van der Waals surface area contributed by atoms with Crippen molar-refractivity contribution in [3.8, 4) is 33.8 Å². The van der Waals surface area contributed by atoms with Crippen LogP contribution < -0.4 is 10.5 Å². The van der Waals surface area contributed by atoms with Gasteiger partial charge >= 0.3 is 0 Å². The average Bonchev–Trinajstić information content (AvgIpc) is 3.41. The molecule has 0 radical (unpaired) electrons. The van der Waals surface area contributed by atoms with Crippen LogP contribution in [0.2, 0.25) is 0 Å². The molecule has 2 N–H and O–H groups in total. The Morgan fingerprint density at radius 1 is 0.935 bits per heavy atom. The lowest BCUT2D eigenvalue weighted by molar-refractivity contribution is 0.264. The van der Waals surface area contributed by atoms with Gasteiger partial charge in [-0.1, -0.05) is 18.2 Å². The molecule has 2 aliphatic rings. The summed E-state index contributed by atoms with van der Waals surface area (Å²) in [6.07, 6.45) is 7.43. The Bertz CT molecular complexity index is 1350. The fraction of sp³-hybridized carbons (Fsp3) is 0.125. The van der Waals surface area contributed by atoms with E-state index in [9.17, 15) is 0 Å². The predicted octanol–water partition coefficient (Wildman–Crippen LogP) is 3.84. The number of amidine groups is 1. The molecule has 7 nitrogen and oxygen atoms in total. The van der Waals surface area contributed by atoms with E-state index in [0.29, 0.717) is 6.61 Å². The molecule has 0 fully saturated rings. The minimum Gasteiger partial charge on any atom is -0.462 e. The number of fused-ring (bicyclic) bond motifs is 4. The molecular weight excluding hydrogens is 390 g/mol. The van der Waals surface area contributed by atoms with Crippen molar-refractivity contribution in [3.05, 3.63) is 84.4 Å². The largest absolute Gasteiger partial charge is 0.462 e. The zero-order valence-corrected chi connectivity index (χ0v) is 16.8. The number of hydrogen-bond donors (Lipinski definition) is 1. The number of ether oxygens (including phenoxy) is 2. The number of aromatic nitrogens is 3. The average molecular weight is 409 g/mol. The Hall–Kier alpha value is -4.13. The lowest BCUT2D eigenvalue weighted by Crippen LogP contribution is -2.31. The minimum atomic E-state index is -0.774. The standard InChI is InChI=1S/C24H19N5O2/c1-29-13-18(12-27-29)16-5-7-22-20(10-16)24(14-30-23(25)28-24)19-9-15(4-6-21(19)31-22)17-3-2-8-26-11-17/h2-13H,14H2,1H3,(H2,25,28)/t24-/m0/s1. The highest BCUT2D eigenvalue weighted by Crippen LogP contribution is 2.52. The van der Waals surface area contributed by atoms with E-state index in [2.05, 4.69) is 22.2 Å². The van der Waals surface area contributed by atoms with Crippen LogP contribution in [-0.2, 0) is 17.3 Å². The molecule has 2 aromatic heterocycles. The first kappa shape index (κ1) is 17.7. The third-order valence-corrected chi connectivity index (χ3v) is 5.83. The molecule has 0 bridgehead atoms. The van der Waals surface area contributed by atoms with Crippen LogP contribution in [0.4, 0.5) is 0 Å². The van der Waals surface area contributed by atoms with E-state index < -0.39 is 5.54 Å². The smallest absolute Gasteiger partial charge is 0.283 e. The van der Waals surface area contributed by atoms with Crippen LogP contribution in [0.5, 0.6) is 11.5 Å². The molecular formula is C24H19N5O2. The molecule has 6 rings (SSSR count). The zero-order chi connectivity index (χ0) is 21.0. The second kappa shape index (κ2) is 6.43. The highest BCUT2D eigenvalue weighted by atomic mass is 16.5. The number of rotatable bonds is 2. The highest BCUT2D eigenvalue weighted by Gasteiger charge is 2.47. The number of pyridine rings is 1. The molecule has 2 aromatic carbocycles. The van der Waals surface area contributed by atoms with Gasteiger partial charge in [-0.15, -0.1) is 0 Å².